The molecule has 2 amide bonds. The maximum atomic E-state index is 12.6. The molecule has 0 bridgehead atoms. The van der Waals surface area contributed by atoms with E-state index in [1.165, 1.54) is 4.90 Å². The molecule has 0 radical (unpaired) electrons. The predicted molar refractivity (Wildman–Crippen MR) is 83.3 cm³/mol. The quantitative estimate of drug-likeness (QED) is 0.791. The van der Waals surface area contributed by atoms with E-state index in [0.717, 1.165) is 32.1 Å². The summed E-state index contributed by atoms with van der Waals surface area (Å²) in [5, 5.41) is 12.5. The van der Waals surface area contributed by atoms with Gasteiger partial charge in [-0.2, -0.15) is 0 Å². The van der Waals surface area contributed by atoms with Gasteiger partial charge in [0.05, 0.1) is 0 Å². The van der Waals surface area contributed by atoms with Crippen molar-refractivity contribution in [1.82, 2.24) is 10.2 Å². The lowest BCUT2D eigenvalue weighted by Crippen LogP contribution is -2.58. The van der Waals surface area contributed by atoms with Crippen molar-refractivity contribution in [3.63, 3.8) is 0 Å². The number of hydrogen-bond donors (Lipinski definition) is 2. The number of rotatable bonds is 6. The molecule has 0 spiro atoms. The van der Waals surface area contributed by atoms with Crippen molar-refractivity contribution in [3.05, 3.63) is 0 Å². The normalized spacial score (nSPS) is 23.0. The van der Waals surface area contributed by atoms with E-state index in [2.05, 4.69) is 33.0 Å². The largest absolute Gasteiger partial charge is 0.480 e. The lowest BCUT2D eigenvalue weighted by atomic mass is 9.88. The second-order valence-electron chi connectivity index (χ2n) is 6.12. The van der Waals surface area contributed by atoms with Crippen molar-refractivity contribution < 1.29 is 14.7 Å². The molecule has 5 heteroatoms. The van der Waals surface area contributed by atoms with Crippen LogP contribution in [0.3, 0.4) is 0 Å². The number of carboxylic acid groups (broad SMARTS) is 1. The van der Waals surface area contributed by atoms with Gasteiger partial charge in [-0.05, 0) is 38.0 Å². The summed E-state index contributed by atoms with van der Waals surface area (Å²) in [6.07, 6.45) is 5.00. The second kappa shape index (κ2) is 7.66. The van der Waals surface area contributed by atoms with Crippen molar-refractivity contribution in [2.45, 2.75) is 77.8 Å². The number of carbonyl (C=O) groups excluding carboxylic acids is 1. The Morgan fingerprint density at radius 1 is 1.19 bits per heavy atom. The number of hydrogen-bond acceptors (Lipinski definition) is 2. The lowest BCUT2D eigenvalue weighted by Gasteiger charge is -2.40. The summed E-state index contributed by atoms with van der Waals surface area (Å²) < 4.78 is 0. The van der Waals surface area contributed by atoms with Gasteiger partial charge in [0, 0.05) is 12.1 Å². The Labute approximate surface area is 128 Å². The Morgan fingerprint density at radius 2 is 1.76 bits per heavy atom. The maximum absolute atomic E-state index is 12.6. The number of carbonyl (C=O) groups is 2. The molecule has 0 aliphatic carbocycles. The van der Waals surface area contributed by atoms with Crippen molar-refractivity contribution in [1.29, 1.82) is 0 Å². The molecule has 2 atom stereocenters. The average Bonchev–Trinajstić information content (AvgIpc) is 2.51. The molecule has 1 saturated heterocycles. The van der Waals surface area contributed by atoms with Gasteiger partial charge in [0.2, 0.25) is 0 Å². The molecule has 0 aromatic heterocycles. The van der Waals surface area contributed by atoms with Crippen molar-refractivity contribution in [2.75, 3.05) is 6.54 Å². The molecule has 0 saturated carbocycles. The van der Waals surface area contributed by atoms with Crippen LogP contribution in [0.2, 0.25) is 0 Å². The molecule has 1 heterocycles. The van der Waals surface area contributed by atoms with Crippen LogP contribution >= 0.6 is 0 Å². The van der Waals surface area contributed by atoms with E-state index in [0.29, 0.717) is 18.9 Å². The number of aliphatic carboxylic acids is 1. The summed E-state index contributed by atoms with van der Waals surface area (Å²) >= 11 is 0. The molecule has 1 rings (SSSR count). The van der Waals surface area contributed by atoms with Gasteiger partial charge in [0.15, 0.2) is 0 Å². The predicted octanol–water partition coefficient (Wildman–Crippen LogP) is 3.24. The molecule has 0 aromatic rings. The van der Waals surface area contributed by atoms with E-state index in [1.807, 2.05) is 0 Å². The number of nitrogens with zero attached hydrogens (tertiary/aromatic N) is 1. The van der Waals surface area contributed by atoms with Crippen LogP contribution in [0.15, 0.2) is 0 Å². The van der Waals surface area contributed by atoms with E-state index in [9.17, 15) is 14.7 Å². The van der Waals surface area contributed by atoms with Gasteiger partial charge in [0.25, 0.3) is 0 Å². The first kappa shape index (κ1) is 17.8. The first-order valence-corrected chi connectivity index (χ1v) is 8.24. The summed E-state index contributed by atoms with van der Waals surface area (Å²) in [6, 6.07) is -0.908. The van der Waals surface area contributed by atoms with E-state index >= 15 is 0 Å². The summed E-state index contributed by atoms with van der Waals surface area (Å²) in [5.41, 5.74) is -0.220. The number of nitrogens with one attached hydrogen (secondary N) is 1. The third-order valence-electron chi connectivity index (χ3n) is 5.24. The monoisotopic (exact) mass is 298 g/mol. The highest BCUT2D eigenvalue weighted by atomic mass is 16.4. The second-order valence-corrected chi connectivity index (χ2v) is 6.12. The van der Waals surface area contributed by atoms with Gasteiger partial charge in [-0.15, -0.1) is 0 Å². The zero-order valence-corrected chi connectivity index (χ0v) is 13.8. The van der Waals surface area contributed by atoms with E-state index in [4.69, 9.17) is 0 Å². The van der Waals surface area contributed by atoms with Gasteiger partial charge in [-0.3, -0.25) is 0 Å². The van der Waals surface area contributed by atoms with Crippen molar-refractivity contribution >= 4 is 12.0 Å². The Hall–Kier alpha value is -1.26. The topological polar surface area (TPSA) is 69.6 Å². The number of amides is 2. The third-order valence-corrected chi connectivity index (χ3v) is 5.24. The van der Waals surface area contributed by atoms with Gasteiger partial charge in [-0.25, -0.2) is 9.59 Å². The van der Waals surface area contributed by atoms with Crippen LogP contribution < -0.4 is 5.32 Å². The maximum Gasteiger partial charge on any atom is 0.326 e. The molecular formula is C16H30N2O3. The van der Waals surface area contributed by atoms with Crippen LogP contribution in [0.5, 0.6) is 0 Å². The van der Waals surface area contributed by atoms with Gasteiger partial charge < -0.3 is 15.3 Å². The number of carboxylic acids is 1. The summed E-state index contributed by atoms with van der Waals surface area (Å²) in [5.74, 6) is -0.484. The summed E-state index contributed by atoms with van der Waals surface area (Å²) in [6.45, 7) is 8.80. The van der Waals surface area contributed by atoms with Crippen molar-refractivity contribution in [2.24, 2.45) is 5.92 Å². The minimum absolute atomic E-state index is 0.220. The SMILES string of the molecule is CCC1CCN(C(=O)NC(CC)(CC)CC)C(C(=O)O)C1. The molecule has 5 nitrogen and oxygen atoms in total. The minimum Gasteiger partial charge on any atom is -0.480 e. The Balaban J connectivity index is 2.82. The molecule has 0 aromatic carbocycles. The number of piperidine rings is 1. The van der Waals surface area contributed by atoms with Crippen LogP contribution in [0.1, 0.15) is 66.2 Å². The van der Waals surface area contributed by atoms with Crippen LogP contribution in [0.25, 0.3) is 0 Å². The molecule has 21 heavy (non-hydrogen) atoms. The first-order valence-electron chi connectivity index (χ1n) is 8.24. The van der Waals surface area contributed by atoms with Gasteiger partial charge in [-0.1, -0.05) is 34.1 Å². The smallest absolute Gasteiger partial charge is 0.326 e. The van der Waals surface area contributed by atoms with Crippen LogP contribution in [0.4, 0.5) is 4.79 Å². The highest BCUT2D eigenvalue weighted by Crippen LogP contribution is 2.27. The fraction of sp³-hybridized carbons (Fsp3) is 0.875. The summed E-state index contributed by atoms with van der Waals surface area (Å²) in [4.78, 5) is 25.6. The molecule has 1 aliphatic rings. The minimum atomic E-state index is -0.890. The molecule has 1 aliphatic heterocycles. The van der Waals surface area contributed by atoms with E-state index in [-0.39, 0.29) is 11.6 Å². The van der Waals surface area contributed by atoms with E-state index < -0.39 is 12.0 Å². The zero-order valence-electron chi connectivity index (χ0n) is 13.8. The third kappa shape index (κ3) is 4.11. The van der Waals surface area contributed by atoms with Crippen molar-refractivity contribution in [3.8, 4) is 0 Å². The fourth-order valence-corrected chi connectivity index (χ4v) is 3.20. The van der Waals surface area contributed by atoms with Gasteiger partial charge in [0.1, 0.15) is 6.04 Å². The molecular weight excluding hydrogens is 268 g/mol. The highest BCUT2D eigenvalue weighted by molar-refractivity contribution is 5.83. The molecule has 2 unspecified atom stereocenters. The zero-order chi connectivity index (χ0) is 16.0. The van der Waals surface area contributed by atoms with Crippen LogP contribution in [-0.4, -0.2) is 40.1 Å². The Bertz CT molecular complexity index is 358. The Morgan fingerprint density at radius 3 is 2.19 bits per heavy atom. The molecule has 122 valence electrons. The van der Waals surface area contributed by atoms with Crippen LogP contribution in [-0.2, 0) is 4.79 Å². The highest BCUT2D eigenvalue weighted by Gasteiger charge is 2.37. The summed E-state index contributed by atoms with van der Waals surface area (Å²) in [7, 11) is 0. The van der Waals surface area contributed by atoms with E-state index in [1.54, 1.807) is 0 Å². The lowest BCUT2D eigenvalue weighted by molar-refractivity contribution is -0.144. The fourth-order valence-electron chi connectivity index (χ4n) is 3.20. The number of urea groups is 1. The first-order chi connectivity index (χ1) is 9.92. The molecule has 2 N–H and O–H groups in total. The van der Waals surface area contributed by atoms with Crippen LogP contribution in [0, 0.1) is 5.92 Å². The molecule has 1 fully saturated rings. The standard InChI is InChI=1S/C16H30N2O3/c1-5-12-9-10-18(13(11-12)14(19)20)15(21)17-16(6-2,7-3)8-4/h12-13H,5-11H2,1-4H3,(H,17,21)(H,19,20). The van der Waals surface area contributed by atoms with Gasteiger partial charge >= 0.3 is 12.0 Å². The number of likely N-dealkylation sites (tertiary alicyclic amines) is 1. The average molecular weight is 298 g/mol. The Kier molecular flexibility index (Phi) is 6.49.